The van der Waals surface area contributed by atoms with E-state index < -0.39 is 49.4 Å². The van der Waals surface area contributed by atoms with Gasteiger partial charge in [-0.25, -0.2) is 0 Å². The summed E-state index contributed by atoms with van der Waals surface area (Å²) in [6, 6.07) is 0. The smallest absolute Gasteiger partial charge is 0.343 e. The van der Waals surface area contributed by atoms with Crippen LogP contribution in [0.1, 0.15) is 19.8 Å². The van der Waals surface area contributed by atoms with Gasteiger partial charge in [-0.1, -0.05) is 6.92 Å². The third kappa shape index (κ3) is 3.06. The molecule has 0 radical (unpaired) electrons. The Hall–Kier alpha value is -1.44. The summed E-state index contributed by atoms with van der Waals surface area (Å²) in [5.74, 6) is -7.18. The fraction of sp³-hybridized carbons (Fsp3) is 0.625. The Morgan fingerprint density at radius 3 is 1.83 bits per heavy atom. The van der Waals surface area contributed by atoms with Gasteiger partial charge in [-0.05, 0) is 6.42 Å². The molecule has 104 valence electrons. The van der Waals surface area contributed by atoms with Gasteiger partial charge < -0.3 is 25.1 Å². The number of hydrogen-bond donors (Lipinski definition) is 5. The summed E-state index contributed by atoms with van der Waals surface area (Å²) in [6.07, 6.45) is -1.84. The van der Waals surface area contributed by atoms with Crippen molar-refractivity contribution in [1.29, 1.82) is 0 Å². The molecule has 0 saturated carbocycles. The average molecular weight is 284 g/mol. The number of hydrogen-bond acceptors (Lipinski definition) is 4. The molecule has 0 bridgehead atoms. The second-order valence-electron chi connectivity index (χ2n) is 3.73. The highest BCUT2D eigenvalue weighted by molar-refractivity contribution is 7.54. The Morgan fingerprint density at radius 2 is 1.61 bits per heavy atom. The summed E-state index contributed by atoms with van der Waals surface area (Å²) in [5, 5.41) is 23.2. The van der Waals surface area contributed by atoms with Gasteiger partial charge in [-0.2, -0.15) is 0 Å². The quantitative estimate of drug-likeness (QED) is 0.389. The third-order valence-corrected chi connectivity index (χ3v) is 4.54. The molecule has 0 aliphatic carbocycles. The summed E-state index contributed by atoms with van der Waals surface area (Å²) >= 11 is 0. The van der Waals surface area contributed by atoms with Gasteiger partial charge in [0, 0.05) is 6.42 Å². The van der Waals surface area contributed by atoms with Crippen molar-refractivity contribution in [2.45, 2.75) is 24.9 Å². The SMILES string of the molecule is CC(C(=O)O)C(CCC(=O)O)(C(=O)O)P(=O)(O)O. The number of carboxylic acid groups (broad SMARTS) is 3. The van der Waals surface area contributed by atoms with Crippen LogP contribution < -0.4 is 0 Å². The molecule has 0 amide bonds. The Balaban J connectivity index is 5.74. The molecule has 0 spiro atoms. The zero-order valence-corrected chi connectivity index (χ0v) is 10.2. The second-order valence-corrected chi connectivity index (χ2v) is 5.61. The largest absolute Gasteiger partial charge is 0.481 e. The minimum atomic E-state index is -5.37. The highest BCUT2D eigenvalue weighted by atomic mass is 31.2. The molecule has 2 unspecified atom stereocenters. The first-order chi connectivity index (χ1) is 7.96. The van der Waals surface area contributed by atoms with Crippen molar-refractivity contribution in [3.8, 4) is 0 Å². The summed E-state index contributed by atoms with van der Waals surface area (Å²) in [4.78, 5) is 50.5. The van der Waals surface area contributed by atoms with Crippen molar-refractivity contribution < 1.29 is 44.1 Å². The molecule has 10 heteroatoms. The minimum Gasteiger partial charge on any atom is -0.481 e. The fourth-order valence-electron chi connectivity index (χ4n) is 1.53. The first-order valence-electron chi connectivity index (χ1n) is 4.70. The maximum atomic E-state index is 11.3. The first kappa shape index (κ1) is 16.6. The highest BCUT2D eigenvalue weighted by Crippen LogP contribution is 2.57. The topological polar surface area (TPSA) is 169 Å². The zero-order chi connectivity index (χ0) is 14.7. The fourth-order valence-corrected chi connectivity index (χ4v) is 2.80. The van der Waals surface area contributed by atoms with Crippen molar-refractivity contribution in [2.75, 3.05) is 0 Å². The standard InChI is InChI=1S/C8H13O9P/c1-4(6(11)12)8(7(13)14,18(15,16)17)3-2-5(9)10/h4H,2-3H2,1H3,(H,9,10)(H,11,12)(H,13,14)(H2,15,16,17). The Morgan fingerprint density at radius 1 is 1.17 bits per heavy atom. The average Bonchev–Trinajstić information content (AvgIpc) is 2.14. The summed E-state index contributed by atoms with van der Waals surface area (Å²) in [5.41, 5.74) is 0. The Kier molecular flexibility index (Phi) is 5.03. The molecule has 0 aromatic rings. The van der Waals surface area contributed by atoms with Crippen LogP contribution in [-0.2, 0) is 18.9 Å². The molecule has 0 rings (SSSR count). The molecule has 0 aliphatic rings. The van der Waals surface area contributed by atoms with E-state index >= 15 is 0 Å². The van der Waals surface area contributed by atoms with Crippen LogP contribution in [0.5, 0.6) is 0 Å². The normalized spacial score (nSPS) is 16.6. The van der Waals surface area contributed by atoms with Gasteiger partial charge in [0.1, 0.15) is 0 Å². The molecule has 0 aliphatic heterocycles. The maximum Gasteiger partial charge on any atom is 0.343 e. The van der Waals surface area contributed by atoms with Crippen LogP contribution in [0.25, 0.3) is 0 Å². The molecular weight excluding hydrogens is 271 g/mol. The number of carboxylic acids is 3. The lowest BCUT2D eigenvalue weighted by Crippen LogP contribution is -2.48. The first-order valence-corrected chi connectivity index (χ1v) is 6.31. The molecule has 0 heterocycles. The van der Waals surface area contributed by atoms with Crippen molar-refractivity contribution in [3.63, 3.8) is 0 Å². The Bertz CT molecular complexity index is 411. The molecule has 9 nitrogen and oxygen atoms in total. The molecule has 0 aromatic heterocycles. The molecule has 0 aromatic carbocycles. The maximum absolute atomic E-state index is 11.3. The van der Waals surface area contributed by atoms with Crippen molar-refractivity contribution in [3.05, 3.63) is 0 Å². The minimum absolute atomic E-state index is 0.817. The van der Waals surface area contributed by atoms with Crippen molar-refractivity contribution >= 4 is 25.5 Å². The number of aliphatic carboxylic acids is 3. The van der Waals surface area contributed by atoms with Crippen molar-refractivity contribution in [1.82, 2.24) is 0 Å². The van der Waals surface area contributed by atoms with Gasteiger partial charge in [0.15, 0.2) is 5.16 Å². The predicted octanol–water partition coefficient (Wildman–Crippen LogP) is -0.427. The molecule has 18 heavy (non-hydrogen) atoms. The van der Waals surface area contributed by atoms with Crippen LogP contribution in [0.15, 0.2) is 0 Å². The van der Waals surface area contributed by atoms with Gasteiger partial charge in [0.25, 0.3) is 0 Å². The van der Waals surface area contributed by atoms with Gasteiger partial charge >= 0.3 is 25.5 Å². The van der Waals surface area contributed by atoms with Crippen LogP contribution in [0.2, 0.25) is 0 Å². The molecule has 5 N–H and O–H groups in total. The lowest BCUT2D eigenvalue weighted by atomic mass is 9.88. The predicted molar refractivity (Wildman–Crippen MR) is 56.1 cm³/mol. The molecule has 2 atom stereocenters. The van der Waals surface area contributed by atoms with Gasteiger partial charge in [0.05, 0.1) is 5.92 Å². The molecule has 0 saturated heterocycles. The summed E-state index contributed by atoms with van der Waals surface area (Å²) in [7, 11) is -5.37. The van der Waals surface area contributed by atoms with E-state index in [0.29, 0.717) is 0 Å². The second kappa shape index (κ2) is 5.47. The van der Waals surface area contributed by atoms with Crippen LogP contribution in [0, 0.1) is 5.92 Å². The lowest BCUT2D eigenvalue weighted by molar-refractivity contribution is -0.152. The number of rotatable bonds is 7. The number of carbonyl (C=O) groups is 3. The van der Waals surface area contributed by atoms with E-state index in [4.69, 9.17) is 25.1 Å². The lowest BCUT2D eigenvalue weighted by Gasteiger charge is -2.32. The van der Waals surface area contributed by atoms with E-state index in [0.717, 1.165) is 6.92 Å². The van der Waals surface area contributed by atoms with Crippen LogP contribution >= 0.6 is 7.60 Å². The van der Waals surface area contributed by atoms with Crippen LogP contribution in [-0.4, -0.2) is 48.2 Å². The van der Waals surface area contributed by atoms with E-state index in [9.17, 15) is 18.9 Å². The van der Waals surface area contributed by atoms with E-state index in [1.165, 1.54) is 0 Å². The highest BCUT2D eigenvalue weighted by Gasteiger charge is 2.60. The van der Waals surface area contributed by atoms with Gasteiger partial charge in [-0.15, -0.1) is 0 Å². The summed E-state index contributed by atoms with van der Waals surface area (Å²) in [6.45, 7) is 0.817. The van der Waals surface area contributed by atoms with Crippen molar-refractivity contribution in [2.24, 2.45) is 5.92 Å². The molecule has 0 fully saturated rings. The van der Waals surface area contributed by atoms with E-state index in [1.807, 2.05) is 0 Å². The Labute approximate surface area is 101 Å². The van der Waals surface area contributed by atoms with Gasteiger partial charge in [0.2, 0.25) is 0 Å². The van der Waals surface area contributed by atoms with Crippen LogP contribution in [0.4, 0.5) is 0 Å². The van der Waals surface area contributed by atoms with E-state index in [2.05, 4.69) is 0 Å². The monoisotopic (exact) mass is 284 g/mol. The van der Waals surface area contributed by atoms with Crippen LogP contribution in [0.3, 0.4) is 0 Å². The zero-order valence-electron chi connectivity index (χ0n) is 9.31. The third-order valence-electron chi connectivity index (χ3n) is 2.70. The van der Waals surface area contributed by atoms with E-state index in [-0.39, 0.29) is 0 Å². The van der Waals surface area contributed by atoms with E-state index in [1.54, 1.807) is 0 Å². The molecular formula is C8H13O9P. The summed E-state index contributed by atoms with van der Waals surface area (Å²) < 4.78 is 11.3. The van der Waals surface area contributed by atoms with Gasteiger partial charge in [-0.3, -0.25) is 18.9 Å².